The first-order valence-corrected chi connectivity index (χ1v) is 8.41. The number of nitrogens with zero attached hydrogens (tertiary/aromatic N) is 1. The molecule has 1 saturated heterocycles. The third kappa shape index (κ3) is 4.29. The monoisotopic (exact) mass is 290 g/mol. The molecule has 1 aromatic rings. The minimum atomic E-state index is -0.897. The Balaban J connectivity index is 2.01. The van der Waals surface area contributed by atoms with Crippen LogP contribution < -0.4 is 5.73 Å². The van der Waals surface area contributed by atoms with Crippen LogP contribution >= 0.6 is 0 Å². The molecule has 0 aromatic heterocycles. The van der Waals surface area contributed by atoms with Crippen molar-refractivity contribution < 1.29 is 5.11 Å². The molecule has 1 aromatic carbocycles. The normalized spacial score (nSPS) is 23.5. The summed E-state index contributed by atoms with van der Waals surface area (Å²) in [6, 6.07) is 10.5. The lowest BCUT2D eigenvalue weighted by atomic mass is 9.90. The fourth-order valence-corrected chi connectivity index (χ4v) is 3.43. The van der Waals surface area contributed by atoms with Gasteiger partial charge in [-0.25, -0.2) is 0 Å². The van der Waals surface area contributed by atoms with Gasteiger partial charge in [-0.2, -0.15) is 0 Å². The molecule has 0 radical (unpaired) electrons. The summed E-state index contributed by atoms with van der Waals surface area (Å²) in [5, 5.41) is 10.9. The lowest BCUT2D eigenvalue weighted by molar-refractivity contribution is 0.0206. The first-order chi connectivity index (χ1) is 10.2. The molecule has 2 atom stereocenters. The third-order valence-corrected chi connectivity index (χ3v) is 4.93. The standard InChI is InChI=1S/C18H30N2O/c1-2-17-11-7-4-8-13-20(17)14-12-18(21,15-19)16-9-5-3-6-10-16/h3,5-6,9-10,17,21H,2,4,7-8,11-15,19H2,1H3. The van der Waals surface area contributed by atoms with Crippen LogP contribution in [0.2, 0.25) is 0 Å². The number of hydrogen-bond acceptors (Lipinski definition) is 3. The quantitative estimate of drug-likeness (QED) is 0.847. The average Bonchev–Trinajstić information content (AvgIpc) is 2.78. The van der Waals surface area contributed by atoms with E-state index in [1.807, 2.05) is 30.3 Å². The Bertz CT molecular complexity index is 409. The van der Waals surface area contributed by atoms with Gasteiger partial charge in [0.1, 0.15) is 5.60 Å². The highest BCUT2D eigenvalue weighted by Crippen LogP contribution is 2.26. The minimum Gasteiger partial charge on any atom is -0.384 e. The zero-order valence-electron chi connectivity index (χ0n) is 13.3. The molecular formula is C18H30N2O. The first-order valence-electron chi connectivity index (χ1n) is 8.41. The van der Waals surface area contributed by atoms with Crippen molar-refractivity contribution in [3.8, 4) is 0 Å². The maximum Gasteiger partial charge on any atom is 0.103 e. The molecule has 21 heavy (non-hydrogen) atoms. The lowest BCUT2D eigenvalue weighted by Gasteiger charge is -2.34. The van der Waals surface area contributed by atoms with Gasteiger partial charge in [0.15, 0.2) is 0 Å². The molecule has 0 bridgehead atoms. The van der Waals surface area contributed by atoms with Gasteiger partial charge in [0.05, 0.1) is 0 Å². The van der Waals surface area contributed by atoms with Gasteiger partial charge in [-0.3, -0.25) is 0 Å². The Morgan fingerprint density at radius 2 is 2.00 bits per heavy atom. The second-order valence-corrected chi connectivity index (χ2v) is 6.30. The Kier molecular flexibility index (Phi) is 6.22. The van der Waals surface area contributed by atoms with Crippen LogP contribution in [0.4, 0.5) is 0 Å². The predicted molar refractivity (Wildman–Crippen MR) is 88.1 cm³/mol. The summed E-state index contributed by atoms with van der Waals surface area (Å²) in [4.78, 5) is 2.57. The van der Waals surface area contributed by atoms with Gasteiger partial charge in [0.2, 0.25) is 0 Å². The molecule has 3 nitrogen and oxygen atoms in total. The van der Waals surface area contributed by atoms with Gasteiger partial charge in [-0.1, -0.05) is 50.1 Å². The van der Waals surface area contributed by atoms with E-state index in [-0.39, 0.29) is 6.54 Å². The van der Waals surface area contributed by atoms with Crippen molar-refractivity contribution in [2.24, 2.45) is 5.73 Å². The van der Waals surface area contributed by atoms with E-state index in [4.69, 9.17) is 5.73 Å². The highest BCUT2D eigenvalue weighted by atomic mass is 16.3. The molecule has 3 N–H and O–H groups in total. The maximum atomic E-state index is 10.9. The van der Waals surface area contributed by atoms with E-state index in [0.717, 1.165) is 18.7 Å². The fourth-order valence-electron chi connectivity index (χ4n) is 3.43. The smallest absolute Gasteiger partial charge is 0.103 e. The Morgan fingerprint density at radius 1 is 1.24 bits per heavy atom. The van der Waals surface area contributed by atoms with Gasteiger partial charge in [0.25, 0.3) is 0 Å². The van der Waals surface area contributed by atoms with Crippen molar-refractivity contribution in [1.29, 1.82) is 0 Å². The molecule has 2 rings (SSSR count). The van der Waals surface area contributed by atoms with Crippen molar-refractivity contribution in [2.45, 2.75) is 57.1 Å². The summed E-state index contributed by atoms with van der Waals surface area (Å²) in [7, 11) is 0. The molecule has 2 unspecified atom stereocenters. The van der Waals surface area contributed by atoms with Crippen LogP contribution in [-0.2, 0) is 5.60 Å². The van der Waals surface area contributed by atoms with E-state index < -0.39 is 5.60 Å². The zero-order valence-corrected chi connectivity index (χ0v) is 13.3. The van der Waals surface area contributed by atoms with Crippen molar-refractivity contribution in [3.63, 3.8) is 0 Å². The molecule has 1 aliphatic heterocycles. The molecular weight excluding hydrogens is 260 g/mol. The third-order valence-electron chi connectivity index (χ3n) is 4.93. The maximum absolute atomic E-state index is 10.9. The second kappa shape index (κ2) is 7.92. The second-order valence-electron chi connectivity index (χ2n) is 6.30. The molecule has 0 saturated carbocycles. The van der Waals surface area contributed by atoms with Crippen molar-refractivity contribution in [1.82, 2.24) is 4.90 Å². The van der Waals surface area contributed by atoms with E-state index in [0.29, 0.717) is 12.5 Å². The number of rotatable bonds is 6. The van der Waals surface area contributed by atoms with Crippen molar-refractivity contribution in [2.75, 3.05) is 19.6 Å². The van der Waals surface area contributed by atoms with Gasteiger partial charge < -0.3 is 15.7 Å². The zero-order chi connectivity index (χ0) is 15.1. The fraction of sp³-hybridized carbons (Fsp3) is 0.667. The number of hydrogen-bond donors (Lipinski definition) is 2. The van der Waals surface area contributed by atoms with Crippen LogP contribution in [0.25, 0.3) is 0 Å². The average molecular weight is 290 g/mol. The van der Waals surface area contributed by atoms with E-state index in [1.165, 1.54) is 32.1 Å². The van der Waals surface area contributed by atoms with Crippen LogP contribution in [0.5, 0.6) is 0 Å². The first kappa shape index (κ1) is 16.5. The Morgan fingerprint density at radius 3 is 2.67 bits per heavy atom. The van der Waals surface area contributed by atoms with Gasteiger partial charge in [-0.05, 0) is 37.8 Å². The number of nitrogens with two attached hydrogens (primary N) is 1. The number of likely N-dealkylation sites (tertiary alicyclic amines) is 1. The van der Waals surface area contributed by atoms with E-state index in [9.17, 15) is 5.11 Å². The van der Waals surface area contributed by atoms with Gasteiger partial charge >= 0.3 is 0 Å². The van der Waals surface area contributed by atoms with Gasteiger partial charge in [-0.15, -0.1) is 0 Å². The SMILES string of the molecule is CCC1CCCCCN1CCC(O)(CN)c1ccccc1. The number of benzene rings is 1. The summed E-state index contributed by atoms with van der Waals surface area (Å²) in [5.41, 5.74) is 5.93. The molecule has 1 fully saturated rings. The van der Waals surface area contributed by atoms with Gasteiger partial charge in [0, 0.05) is 19.1 Å². The molecule has 3 heteroatoms. The van der Waals surface area contributed by atoms with Crippen LogP contribution in [0, 0.1) is 0 Å². The summed E-state index contributed by atoms with van der Waals surface area (Å²) in [5.74, 6) is 0. The van der Waals surface area contributed by atoms with Crippen LogP contribution in [0.15, 0.2) is 30.3 Å². The van der Waals surface area contributed by atoms with Crippen molar-refractivity contribution >= 4 is 0 Å². The topological polar surface area (TPSA) is 49.5 Å². The Hall–Kier alpha value is -0.900. The molecule has 1 aliphatic rings. The van der Waals surface area contributed by atoms with Crippen LogP contribution in [0.3, 0.4) is 0 Å². The number of aliphatic hydroxyl groups is 1. The van der Waals surface area contributed by atoms with Crippen LogP contribution in [-0.4, -0.2) is 35.7 Å². The predicted octanol–water partition coefficient (Wildman–Crippen LogP) is 2.88. The largest absolute Gasteiger partial charge is 0.384 e. The summed E-state index contributed by atoms with van der Waals surface area (Å²) in [6.45, 7) is 4.64. The van der Waals surface area contributed by atoms with E-state index >= 15 is 0 Å². The van der Waals surface area contributed by atoms with E-state index in [1.54, 1.807) is 0 Å². The summed E-state index contributed by atoms with van der Waals surface area (Å²) in [6.07, 6.45) is 7.17. The minimum absolute atomic E-state index is 0.279. The summed E-state index contributed by atoms with van der Waals surface area (Å²) < 4.78 is 0. The highest BCUT2D eigenvalue weighted by molar-refractivity contribution is 5.22. The van der Waals surface area contributed by atoms with E-state index in [2.05, 4.69) is 11.8 Å². The highest BCUT2D eigenvalue weighted by Gasteiger charge is 2.29. The lowest BCUT2D eigenvalue weighted by Crippen LogP contribution is -2.42. The molecule has 118 valence electrons. The molecule has 0 spiro atoms. The molecule has 0 amide bonds. The van der Waals surface area contributed by atoms with Crippen molar-refractivity contribution in [3.05, 3.63) is 35.9 Å². The molecule has 0 aliphatic carbocycles. The van der Waals surface area contributed by atoms with Crippen LogP contribution in [0.1, 0.15) is 51.0 Å². The summed E-state index contributed by atoms with van der Waals surface area (Å²) >= 11 is 0. The molecule has 1 heterocycles. The Labute approximate surface area is 129 Å².